The zero-order valence-electron chi connectivity index (χ0n) is 14.8. The van der Waals surface area contributed by atoms with Crippen molar-refractivity contribution < 1.29 is 12.4 Å². The summed E-state index contributed by atoms with van der Waals surface area (Å²) < 4.78 is 5.20. The molecule has 0 radical (unpaired) electrons. The molecule has 0 unspecified atom stereocenters. The maximum Gasteiger partial charge on any atom is 0.220 e. The highest BCUT2D eigenvalue weighted by molar-refractivity contribution is 5.75. The Morgan fingerprint density at radius 3 is 2.10 bits per heavy atom. The first-order valence-corrected chi connectivity index (χ1v) is 8.80. The smallest absolute Gasteiger partial charge is 0.220 e. The zero-order valence-corrected chi connectivity index (χ0v) is 14.8. The fourth-order valence-corrected chi connectivity index (χ4v) is 1.93. The van der Waals surface area contributed by atoms with Crippen molar-refractivity contribution in [2.45, 2.75) is 72.1 Å². The molecule has 0 bridgehead atoms. The van der Waals surface area contributed by atoms with E-state index in [1.165, 1.54) is 32.1 Å². The van der Waals surface area contributed by atoms with Gasteiger partial charge in [-0.15, -0.1) is 0 Å². The zero-order chi connectivity index (χ0) is 16.2. The number of hydrogen-bond donors (Lipinski definition) is 2. The standard InChI is InChI=1S/C15H32N2O2.C2H6.2H2/c1-3-19-14-10-11-15(18)17-13-9-7-5-4-6-8-12-16-2;1-2;;/h16H,3-14H2,1-2H3,(H,17,18);1-2H3;2*1H. The van der Waals surface area contributed by atoms with Crippen molar-refractivity contribution in [3.05, 3.63) is 0 Å². The van der Waals surface area contributed by atoms with Crippen LogP contribution in [0.5, 0.6) is 0 Å². The van der Waals surface area contributed by atoms with Gasteiger partial charge in [0.1, 0.15) is 0 Å². The molecule has 0 heterocycles. The molecule has 0 aliphatic heterocycles. The Morgan fingerprint density at radius 2 is 1.52 bits per heavy atom. The van der Waals surface area contributed by atoms with Crippen LogP contribution in [0.3, 0.4) is 0 Å². The summed E-state index contributed by atoms with van der Waals surface area (Å²) in [6, 6.07) is 0. The van der Waals surface area contributed by atoms with Crippen molar-refractivity contribution >= 4 is 5.91 Å². The molecule has 4 nitrogen and oxygen atoms in total. The summed E-state index contributed by atoms with van der Waals surface area (Å²) in [5.74, 6) is 0.161. The van der Waals surface area contributed by atoms with Crippen LogP contribution in [0.25, 0.3) is 0 Å². The second-order valence-electron chi connectivity index (χ2n) is 4.88. The normalized spacial score (nSPS) is 9.90. The maximum atomic E-state index is 11.4. The van der Waals surface area contributed by atoms with E-state index in [1.54, 1.807) is 0 Å². The van der Waals surface area contributed by atoms with Gasteiger partial charge in [0.2, 0.25) is 5.91 Å². The average molecular weight is 307 g/mol. The lowest BCUT2D eigenvalue weighted by molar-refractivity contribution is -0.121. The number of amides is 1. The number of unbranched alkanes of at least 4 members (excludes halogenated alkanes) is 5. The van der Waals surface area contributed by atoms with Crippen LogP contribution in [0, 0.1) is 0 Å². The SMILES string of the molecule is CC.CCOCCCC(=O)NCCCCCCCCNC.[HH].[HH]. The Hall–Kier alpha value is -0.610. The van der Waals surface area contributed by atoms with Crippen molar-refractivity contribution in [2.75, 3.05) is 33.4 Å². The predicted octanol–water partition coefficient (Wildman–Crippen LogP) is 4.00. The first-order chi connectivity index (χ1) is 10.3. The lowest BCUT2D eigenvalue weighted by Crippen LogP contribution is -2.24. The van der Waals surface area contributed by atoms with E-state index in [9.17, 15) is 4.79 Å². The van der Waals surface area contributed by atoms with Crippen LogP contribution in [-0.2, 0) is 9.53 Å². The summed E-state index contributed by atoms with van der Waals surface area (Å²) in [5, 5.41) is 6.13. The number of carbonyl (C=O) groups is 1. The third-order valence-electron chi connectivity index (χ3n) is 3.07. The van der Waals surface area contributed by atoms with Crippen LogP contribution in [0.15, 0.2) is 0 Å². The van der Waals surface area contributed by atoms with E-state index < -0.39 is 0 Å². The van der Waals surface area contributed by atoms with E-state index in [0.29, 0.717) is 13.0 Å². The van der Waals surface area contributed by atoms with Crippen LogP contribution in [0.4, 0.5) is 0 Å². The van der Waals surface area contributed by atoms with Crippen LogP contribution in [0.2, 0.25) is 0 Å². The molecule has 0 saturated carbocycles. The molecule has 1 amide bonds. The minimum Gasteiger partial charge on any atom is -0.382 e. The van der Waals surface area contributed by atoms with Crippen LogP contribution >= 0.6 is 0 Å². The second-order valence-corrected chi connectivity index (χ2v) is 4.88. The van der Waals surface area contributed by atoms with Crippen molar-refractivity contribution in [3.63, 3.8) is 0 Å². The predicted molar refractivity (Wildman–Crippen MR) is 95.9 cm³/mol. The first-order valence-electron chi connectivity index (χ1n) is 8.80. The Kier molecular flexibility index (Phi) is 23.4. The average Bonchev–Trinajstić information content (AvgIpc) is 2.52. The van der Waals surface area contributed by atoms with Gasteiger partial charge >= 0.3 is 0 Å². The van der Waals surface area contributed by atoms with Gasteiger partial charge in [-0.05, 0) is 39.8 Å². The van der Waals surface area contributed by atoms with E-state index in [-0.39, 0.29) is 8.76 Å². The van der Waals surface area contributed by atoms with Gasteiger partial charge in [-0.3, -0.25) is 4.79 Å². The minimum absolute atomic E-state index is 0. The second kappa shape index (κ2) is 21.7. The first kappa shape index (κ1) is 22.7. The molecule has 0 saturated heterocycles. The molecule has 0 aromatic carbocycles. The van der Waals surface area contributed by atoms with E-state index >= 15 is 0 Å². The summed E-state index contributed by atoms with van der Waals surface area (Å²) in [7, 11) is 2.00. The summed E-state index contributed by atoms with van der Waals surface area (Å²) in [6.45, 7) is 9.34. The molecule has 0 aliphatic rings. The van der Waals surface area contributed by atoms with Gasteiger partial charge in [-0.2, -0.15) is 0 Å². The summed E-state index contributed by atoms with van der Waals surface area (Å²) in [6.07, 6.45) is 8.91. The van der Waals surface area contributed by atoms with E-state index in [0.717, 1.165) is 32.5 Å². The van der Waals surface area contributed by atoms with Gasteiger partial charge in [-0.25, -0.2) is 0 Å². The largest absolute Gasteiger partial charge is 0.382 e. The highest BCUT2D eigenvalue weighted by Crippen LogP contribution is 2.04. The molecule has 21 heavy (non-hydrogen) atoms. The third-order valence-corrected chi connectivity index (χ3v) is 3.07. The maximum absolute atomic E-state index is 11.4. The number of hydrogen-bond acceptors (Lipinski definition) is 3. The van der Waals surface area contributed by atoms with Crippen molar-refractivity contribution in [2.24, 2.45) is 0 Å². The Balaban J connectivity index is -0.000000432. The summed E-state index contributed by atoms with van der Waals surface area (Å²) in [4.78, 5) is 11.4. The molecule has 0 aromatic rings. The van der Waals surface area contributed by atoms with Gasteiger partial charge in [0.25, 0.3) is 0 Å². The summed E-state index contributed by atoms with van der Waals surface area (Å²) in [5.41, 5.74) is 0. The molecule has 0 atom stereocenters. The topological polar surface area (TPSA) is 50.4 Å². The molecular weight excluding hydrogens is 264 g/mol. The Labute approximate surface area is 135 Å². The van der Waals surface area contributed by atoms with E-state index in [4.69, 9.17) is 4.74 Å². The molecule has 0 aliphatic carbocycles. The quantitative estimate of drug-likeness (QED) is 0.477. The van der Waals surface area contributed by atoms with Gasteiger partial charge in [0.15, 0.2) is 0 Å². The molecule has 2 N–H and O–H groups in total. The molecule has 0 spiro atoms. The third kappa shape index (κ3) is 21.8. The fraction of sp³-hybridized carbons (Fsp3) is 0.941. The van der Waals surface area contributed by atoms with Crippen LogP contribution in [-0.4, -0.2) is 39.3 Å². The Morgan fingerprint density at radius 1 is 0.952 bits per heavy atom. The van der Waals surface area contributed by atoms with Crippen LogP contribution < -0.4 is 10.6 Å². The van der Waals surface area contributed by atoms with Crippen molar-refractivity contribution in [1.82, 2.24) is 10.6 Å². The molecule has 0 aromatic heterocycles. The number of carbonyl (C=O) groups excluding carboxylic acids is 1. The van der Waals surface area contributed by atoms with Crippen molar-refractivity contribution in [3.8, 4) is 0 Å². The van der Waals surface area contributed by atoms with E-state index in [2.05, 4.69) is 10.6 Å². The molecular formula is C17H42N2O2. The monoisotopic (exact) mass is 306 g/mol. The van der Waals surface area contributed by atoms with E-state index in [1.807, 2.05) is 27.8 Å². The summed E-state index contributed by atoms with van der Waals surface area (Å²) >= 11 is 0. The van der Waals surface area contributed by atoms with Gasteiger partial charge < -0.3 is 15.4 Å². The molecule has 0 rings (SSSR count). The van der Waals surface area contributed by atoms with Crippen LogP contribution in [0.1, 0.15) is 75.0 Å². The minimum atomic E-state index is 0. The fourth-order valence-electron chi connectivity index (χ4n) is 1.93. The lowest BCUT2D eigenvalue weighted by atomic mass is 10.1. The number of nitrogens with one attached hydrogen (secondary N) is 2. The van der Waals surface area contributed by atoms with Gasteiger partial charge in [0.05, 0.1) is 0 Å². The molecule has 132 valence electrons. The highest BCUT2D eigenvalue weighted by Gasteiger charge is 1.99. The number of rotatable bonds is 14. The lowest BCUT2D eigenvalue weighted by Gasteiger charge is -2.05. The highest BCUT2D eigenvalue weighted by atomic mass is 16.5. The van der Waals surface area contributed by atoms with Crippen molar-refractivity contribution in [1.29, 1.82) is 0 Å². The van der Waals surface area contributed by atoms with Gasteiger partial charge in [-0.1, -0.05) is 39.5 Å². The van der Waals surface area contributed by atoms with Gasteiger partial charge in [0, 0.05) is 29.0 Å². The molecule has 0 fully saturated rings. The molecule has 4 heteroatoms. The Bertz CT molecular complexity index is 209. The number of ether oxygens (including phenoxy) is 1.